The van der Waals surface area contributed by atoms with E-state index >= 15 is 0 Å². The SMILES string of the molecule is CCCP(=O)(CCCc1c[nH]c2ccccc12)N[C@@H](Cc1ccc(OCCCCC2CCNCC2)cc1)C(=O)O. The van der Waals surface area contributed by atoms with Crippen molar-refractivity contribution in [2.24, 2.45) is 5.92 Å². The van der Waals surface area contributed by atoms with Crippen LogP contribution in [-0.4, -0.2) is 54.1 Å². The molecule has 8 heteroatoms. The summed E-state index contributed by atoms with van der Waals surface area (Å²) in [4.78, 5) is 15.5. The van der Waals surface area contributed by atoms with Gasteiger partial charge in [-0.05, 0) is 99.7 Å². The Hall–Kier alpha value is -2.60. The van der Waals surface area contributed by atoms with Crippen LogP contribution in [0.4, 0.5) is 0 Å². The van der Waals surface area contributed by atoms with Gasteiger partial charge in [0.05, 0.1) is 6.61 Å². The quantitative estimate of drug-likeness (QED) is 0.108. The lowest BCUT2D eigenvalue weighted by Crippen LogP contribution is -2.37. The van der Waals surface area contributed by atoms with E-state index in [2.05, 4.69) is 27.5 Å². The maximum atomic E-state index is 13.8. The molecule has 218 valence electrons. The summed E-state index contributed by atoms with van der Waals surface area (Å²) in [5.74, 6) is 0.685. The molecule has 0 saturated carbocycles. The van der Waals surface area contributed by atoms with Gasteiger partial charge in [-0.1, -0.05) is 43.7 Å². The number of rotatable bonds is 17. The molecular formula is C32H46N3O4P. The number of fused-ring (bicyclic) bond motifs is 1. The third-order valence-electron chi connectivity index (χ3n) is 8.01. The summed E-state index contributed by atoms with van der Waals surface area (Å²) >= 11 is 0. The van der Waals surface area contributed by atoms with E-state index in [9.17, 15) is 14.5 Å². The summed E-state index contributed by atoms with van der Waals surface area (Å²) in [6.07, 6.45) is 11.6. The van der Waals surface area contributed by atoms with Gasteiger partial charge in [0.15, 0.2) is 0 Å². The highest BCUT2D eigenvalue weighted by molar-refractivity contribution is 7.61. The zero-order valence-corrected chi connectivity index (χ0v) is 24.8. The number of carboxylic acid groups (broad SMARTS) is 1. The molecule has 3 aromatic rings. The number of aliphatic carboxylic acids is 1. The molecule has 1 aromatic heterocycles. The number of carboxylic acids is 1. The second-order valence-corrected chi connectivity index (χ2v) is 14.1. The number of carbonyl (C=O) groups is 1. The number of aromatic amines is 1. The summed E-state index contributed by atoms with van der Waals surface area (Å²) in [6.45, 7) is 4.99. The first-order valence-corrected chi connectivity index (χ1v) is 17.1. The van der Waals surface area contributed by atoms with Gasteiger partial charge in [-0.3, -0.25) is 9.88 Å². The van der Waals surface area contributed by atoms with Crippen molar-refractivity contribution in [2.75, 3.05) is 32.0 Å². The third kappa shape index (κ3) is 9.22. The second kappa shape index (κ2) is 15.4. The number of aromatic nitrogens is 1. The van der Waals surface area contributed by atoms with Crippen LogP contribution < -0.4 is 15.1 Å². The van der Waals surface area contributed by atoms with E-state index < -0.39 is 19.3 Å². The maximum absolute atomic E-state index is 13.8. The number of H-pyrrole nitrogens is 1. The zero-order chi connectivity index (χ0) is 28.2. The highest BCUT2D eigenvalue weighted by Gasteiger charge is 2.29. The molecule has 4 rings (SSSR count). The molecule has 1 aliphatic heterocycles. The van der Waals surface area contributed by atoms with Crippen molar-refractivity contribution in [3.8, 4) is 5.75 Å². The van der Waals surface area contributed by atoms with Crippen molar-refractivity contribution in [1.29, 1.82) is 0 Å². The Morgan fingerprint density at radius 2 is 1.85 bits per heavy atom. The fourth-order valence-electron chi connectivity index (χ4n) is 5.79. The first-order chi connectivity index (χ1) is 19.5. The summed E-state index contributed by atoms with van der Waals surface area (Å²) < 4.78 is 19.8. The lowest BCUT2D eigenvalue weighted by Gasteiger charge is -2.24. The molecule has 1 aliphatic rings. The van der Waals surface area contributed by atoms with Gasteiger partial charge >= 0.3 is 5.97 Å². The standard InChI is InChI=1S/C32H46N3O4P/c1-2-21-40(38,22-7-9-27-24-34-30-11-4-3-10-29(27)30)35-31(32(36)37)23-26-12-14-28(15-13-26)39-20-6-5-8-25-16-18-33-19-17-25/h3-4,10-15,24-25,31,33-34H,2,5-9,16-23H2,1H3,(H,35,38)(H,36,37)/t31-,40?/m0/s1. The van der Waals surface area contributed by atoms with E-state index in [4.69, 9.17) is 4.74 Å². The molecule has 0 aliphatic carbocycles. The van der Waals surface area contributed by atoms with Crippen LogP contribution in [0.15, 0.2) is 54.7 Å². The molecular weight excluding hydrogens is 521 g/mol. The van der Waals surface area contributed by atoms with Crippen LogP contribution >= 0.6 is 7.29 Å². The molecule has 0 amide bonds. The largest absolute Gasteiger partial charge is 0.494 e. The summed E-state index contributed by atoms with van der Waals surface area (Å²) in [5.41, 5.74) is 3.19. The van der Waals surface area contributed by atoms with Crippen LogP contribution in [0, 0.1) is 5.92 Å². The molecule has 0 spiro atoms. The molecule has 0 bridgehead atoms. The number of para-hydroxylation sites is 1. The van der Waals surface area contributed by atoms with Crippen molar-refractivity contribution in [3.63, 3.8) is 0 Å². The molecule has 2 atom stereocenters. The minimum Gasteiger partial charge on any atom is -0.494 e. The van der Waals surface area contributed by atoms with Gasteiger partial charge in [-0.15, -0.1) is 0 Å². The number of aryl methyl sites for hydroxylation is 1. The average molecular weight is 568 g/mol. The number of hydrogen-bond acceptors (Lipinski definition) is 4. The van der Waals surface area contributed by atoms with Gasteiger partial charge in [0.2, 0.25) is 0 Å². The van der Waals surface area contributed by atoms with Gasteiger partial charge in [0.25, 0.3) is 0 Å². The molecule has 2 aromatic carbocycles. The number of ether oxygens (including phenoxy) is 1. The fraction of sp³-hybridized carbons (Fsp3) is 0.531. The maximum Gasteiger partial charge on any atom is 0.321 e. The van der Waals surface area contributed by atoms with E-state index in [1.807, 2.05) is 49.5 Å². The Kier molecular flexibility index (Phi) is 11.7. The molecule has 4 N–H and O–H groups in total. The Bertz CT molecular complexity index is 1240. The Balaban J connectivity index is 1.25. The van der Waals surface area contributed by atoms with Crippen molar-refractivity contribution < 1.29 is 19.2 Å². The number of piperidine rings is 1. The Morgan fingerprint density at radius 1 is 1.07 bits per heavy atom. The lowest BCUT2D eigenvalue weighted by atomic mass is 9.93. The molecule has 7 nitrogen and oxygen atoms in total. The first kappa shape index (κ1) is 30.4. The van der Waals surface area contributed by atoms with Crippen molar-refractivity contribution in [1.82, 2.24) is 15.4 Å². The van der Waals surface area contributed by atoms with E-state index in [0.29, 0.717) is 18.9 Å². The van der Waals surface area contributed by atoms with Gasteiger partial charge in [0, 0.05) is 29.4 Å². The first-order valence-electron chi connectivity index (χ1n) is 15.0. The summed E-state index contributed by atoms with van der Waals surface area (Å²) in [6, 6.07) is 14.9. The Morgan fingerprint density at radius 3 is 2.60 bits per heavy atom. The minimum absolute atomic E-state index is 0.280. The van der Waals surface area contributed by atoms with Crippen molar-refractivity contribution >= 4 is 24.2 Å². The van der Waals surface area contributed by atoms with Crippen LogP contribution in [0.2, 0.25) is 0 Å². The minimum atomic E-state index is -2.86. The predicted molar refractivity (Wildman–Crippen MR) is 164 cm³/mol. The van der Waals surface area contributed by atoms with Crippen LogP contribution in [0.1, 0.15) is 63.0 Å². The van der Waals surface area contributed by atoms with E-state index in [1.54, 1.807) is 0 Å². The molecule has 2 heterocycles. The molecule has 1 unspecified atom stereocenters. The number of nitrogens with one attached hydrogen (secondary N) is 3. The highest BCUT2D eigenvalue weighted by atomic mass is 31.2. The average Bonchev–Trinajstić information content (AvgIpc) is 3.37. The highest BCUT2D eigenvalue weighted by Crippen LogP contribution is 2.43. The second-order valence-electron chi connectivity index (χ2n) is 11.2. The smallest absolute Gasteiger partial charge is 0.321 e. The van der Waals surface area contributed by atoms with Crippen LogP contribution in [0.25, 0.3) is 10.9 Å². The van der Waals surface area contributed by atoms with Gasteiger partial charge in [-0.2, -0.15) is 0 Å². The molecule has 40 heavy (non-hydrogen) atoms. The summed E-state index contributed by atoms with van der Waals surface area (Å²) in [7, 11) is -2.86. The Labute approximate surface area is 238 Å². The summed E-state index contributed by atoms with van der Waals surface area (Å²) in [5, 5.41) is 17.7. The monoisotopic (exact) mass is 567 g/mol. The van der Waals surface area contributed by atoms with Crippen LogP contribution in [-0.2, 0) is 22.2 Å². The van der Waals surface area contributed by atoms with E-state index in [1.165, 1.54) is 36.6 Å². The van der Waals surface area contributed by atoms with E-state index in [0.717, 1.165) is 61.5 Å². The molecule has 1 saturated heterocycles. The van der Waals surface area contributed by atoms with E-state index in [-0.39, 0.29) is 6.42 Å². The normalized spacial score (nSPS) is 16.5. The number of unbranched alkanes of at least 4 members (excludes halogenated alkanes) is 1. The molecule has 0 radical (unpaired) electrons. The molecule has 1 fully saturated rings. The van der Waals surface area contributed by atoms with Crippen LogP contribution in [0.3, 0.4) is 0 Å². The number of benzene rings is 2. The number of hydrogen-bond donors (Lipinski definition) is 4. The topological polar surface area (TPSA) is 103 Å². The third-order valence-corrected chi connectivity index (χ3v) is 11.0. The van der Waals surface area contributed by atoms with Gasteiger partial charge < -0.3 is 24.7 Å². The fourth-order valence-corrected chi connectivity index (χ4v) is 8.43. The van der Waals surface area contributed by atoms with Gasteiger partial charge in [-0.25, -0.2) is 0 Å². The van der Waals surface area contributed by atoms with Gasteiger partial charge in [0.1, 0.15) is 19.1 Å². The predicted octanol–water partition coefficient (Wildman–Crippen LogP) is 6.62. The lowest BCUT2D eigenvalue weighted by molar-refractivity contribution is -0.138. The zero-order valence-electron chi connectivity index (χ0n) is 23.9. The van der Waals surface area contributed by atoms with Crippen molar-refractivity contribution in [2.45, 2.75) is 70.8 Å². The van der Waals surface area contributed by atoms with Crippen molar-refractivity contribution in [3.05, 3.63) is 65.9 Å². The van der Waals surface area contributed by atoms with Crippen LogP contribution in [0.5, 0.6) is 5.75 Å².